The topological polar surface area (TPSA) is 11.4 Å². The number of anilines is 5. The summed E-state index contributed by atoms with van der Waals surface area (Å²) < 4.78 is 2.48. The van der Waals surface area contributed by atoms with E-state index in [4.69, 9.17) is 0 Å². The minimum absolute atomic E-state index is 0.00136. The molecule has 4 aliphatic heterocycles. The van der Waals surface area contributed by atoms with Crippen LogP contribution in [0.1, 0.15) is 105 Å². The van der Waals surface area contributed by atoms with Gasteiger partial charge < -0.3 is 14.3 Å². The number of benzene rings is 8. The Morgan fingerprint density at radius 2 is 0.928 bits per heavy atom. The van der Waals surface area contributed by atoms with Crippen LogP contribution in [0.4, 0.5) is 28.4 Å². The Hall–Kier alpha value is -6.71. The van der Waals surface area contributed by atoms with Gasteiger partial charge in [-0.15, -0.1) is 0 Å². The van der Waals surface area contributed by atoms with Crippen LogP contribution in [0, 0.1) is 0 Å². The van der Waals surface area contributed by atoms with E-state index in [0.29, 0.717) is 0 Å². The zero-order valence-electron chi connectivity index (χ0n) is 42.4. The van der Waals surface area contributed by atoms with Crippen molar-refractivity contribution in [1.82, 2.24) is 4.57 Å². The van der Waals surface area contributed by atoms with E-state index in [1.807, 2.05) is 0 Å². The van der Waals surface area contributed by atoms with Crippen molar-refractivity contribution in [2.24, 2.45) is 0 Å². The second kappa shape index (κ2) is 14.0. The minimum atomic E-state index is -0.0830. The molecule has 4 aliphatic rings. The van der Waals surface area contributed by atoms with Crippen LogP contribution in [-0.2, 0) is 21.7 Å². The van der Waals surface area contributed by atoms with Gasteiger partial charge in [0.1, 0.15) is 0 Å². The molecule has 0 amide bonds. The number of nitrogens with zero attached hydrogens (tertiary/aromatic N) is 3. The fourth-order valence-corrected chi connectivity index (χ4v) is 12.5. The van der Waals surface area contributed by atoms with Crippen LogP contribution in [0.2, 0.25) is 0 Å². The Morgan fingerprint density at radius 3 is 1.57 bits per heavy atom. The third-order valence-corrected chi connectivity index (χ3v) is 16.2. The van der Waals surface area contributed by atoms with Gasteiger partial charge in [0.05, 0.1) is 11.0 Å². The van der Waals surface area contributed by atoms with Crippen molar-refractivity contribution >= 4 is 91.1 Å². The Kier molecular flexibility index (Phi) is 8.58. The van der Waals surface area contributed by atoms with Crippen LogP contribution in [0.15, 0.2) is 152 Å². The predicted octanol–water partition coefficient (Wildman–Crippen LogP) is 13.5. The molecule has 69 heavy (non-hydrogen) atoms. The second-order valence-electron chi connectivity index (χ2n) is 24.7. The molecule has 0 bridgehead atoms. The summed E-state index contributed by atoms with van der Waals surface area (Å²) in [5, 5.41) is 2.56. The maximum Gasteiger partial charge on any atom is 0.329 e. The molecule has 338 valence electrons. The van der Waals surface area contributed by atoms with Crippen molar-refractivity contribution in [3.63, 3.8) is 0 Å². The van der Waals surface area contributed by atoms with Crippen molar-refractivity contribution in [2.75, 3.05) is 9.71 Å². The summed E-state index contributed by atoms with van der Waals surface area (Å²) in [4.78, 5) is 5.44. The highest BCUT2D eigenvalue weighted by atomic mass is 15.2. The third kappa shape index (κ3) is 6.01. The van der Waals surface area contributed by atoms with E-state index in [0.717, 1.165) is 0 Å². The Labute approximate surface area is 410 Å². The maximum atomic E-state index is 2.83. The first kappa shape index (κ1) is 42.4. The molecule has 5 heteroatoms. The van der Waals surface area contributed by atoms with Crippen molar-refractivity contribution in [1.29, 1.82) is 0 Å². The average Bonchev–Trinajstić information content (AvgIpc) is 3.63. The van der Waals surface area contributed by atoms with E-state index in [1.165, 1.54) is 128 Å². The van der Waals surface area contributed by atoms with Gasteiger partial charge in [0.25, 0.3) is 6.71 Å². The zero-order valence-corrected chi connectivity index (χ0v) is 42.4. The van der Waals surface area contributed by atoms with Crippen molar-refractivity contribution in [3.05, 3.63) is 174 Å². The van der Waals surface area contributed by atoms with E-state index >= 15 is 0 Å². The molecule has 0 atom stereocenters. The first-order valence-corrected chi connectivity index (χ1v) is 25.2. The lowest BCUT2D eigenvalue weighted by atomic mass is 9.30. The molecule has 0 fully saturated rings. The SMILES string of the molecule is CC(C)(C)c1ccc(N2c3cc4c(cc3B3c5cc(C(C)(C)C)cc6c5N5B(c7cc(C(C)(C)C)ccc7-6)c6cc(C(C)(C)C)ccc6-c6ccc2c3c65)c2ccccc2n4-c2ccccc2)cc1. The third-order valence-electron chi connectivity index (χ3n) is 16.2. The minimum Gasteiger partial charge on any atom is -0.377 e. The highest BCUT2D eigenvalue weighted by Gasteiger charge is 2.53. The van der Waals surface area contributed by atoms with Crippen molar-refractivity contribution in [2.45, 2.75) is 105 Å². The summed E-state index contributed by atoms with van der Waals surface area (Å²) in [7, 11) is 0. The molecule has 0 N–H and O–H groups in total. The van der Waals surface area contributed by atoms with E-state index in [-0.39, 0.29) is 35.2 Å². The smallest absolute Gasteiger partial charge is 0.329 e. The summed E-state index contributed by atoms with van der Waals surface area (Å²) in [5.41, 5.74) is 27.7. The van der Waals surface area contributed by atoms with E-state index in [9.17, 15) is 0 Å². The highest BCUT2D eigenvalue weighted by molar-refractivity contribution is 7.03. The lowest BCUT2D eigenvalue weighted by molar-refractivity contribution is 0.590. The number of hydrogen-bond acceptors (Lipinski definition) is 2. The van der Waals surface area contributed by atoms with Crippen molar-refractivity contribution < 1.29 is 0 Å². The maximum absolute atomic E-state index is 2.83. The summed E-state index contributed by atoms with van der Waals surface area (Å²) in [6, 6.07) is 59.5. The second-order valence-corrected chi connectivity index (χ2v) is 24.7. The largest absolute Gasteiger partial charge is 0.377 e. The van der Waals surface area contributed by atoms with Crippen LogP contribution >= 0.6 is 0 Å². The van der Waals surface area contributed by atoms with Crippen LogP contribution < -0.4 is 37.0 Å². The molecule has 0 radical (unpaired) electrons. The van der Waals surface area contributed by atoms with E-state index in [2.05, 4.69) is 249 Å². The van der Waals surface area contributed by atoms with Crippen LogP contribution in [0.3, 0.4) is 0 Å². The molecule has 0 spiro atoms. The summed E-state index contributed by atoms with van der Waals surface area (Å²) >= 11 is 0. The highest BCUT2D eigenvalue weighted by Crippen LogP contribution is 2.52. The quantitative estimate of drug-likeness (QED) is 0.160. The molecule has 0 saturated carbocycles. The molecule has 1 aromatic heterocycles. The van der Waals surface area contributed by atoms with Gasteiger partial charge >= 0.3 is 6.85 Å². The molecule has 13 rings (SSSR count). The van der Waals surface area contributed by atoms with Gasteiger partial charge in [-0.2, -0.15) is 0 Å². The van der Waals surface area contributed by atoms with E-state index in [1.54, 1.807) is 0 Å². The standard InChI is InChI=1S/C64H61B2N3/c1-61(2,3)38-22-26-43(27-23-38)68-55-31-30-47-44-28-24-39(62(4,5)6)33-50(44)66-51-34-40(63(7,8)9)25-29-45(51)49-32-41(64(10,11)12)35-53-59(49)69(66)60(47)58(55)65(53)52-36-48-46-20-16-17-21-54(46)67(56(48)37-57(52)68)42-18-14-13-15-19-42/h13-37H,1-12H3. The van der Waals surface area contributed by atoms with Gasteiger partial charge in [0.2, 0.25) is 0 Å². The molecule has 5 heterocycles. The molecule has 8 aromatic carbocycles. The van der Waals surface area contributed by atoms with Gasteiger partial charge in [0, 0.05) is 56.0 Å². The van der Waals surface area contributed by atoms with Gasteiger partial charge in [-0.3, -0.25) is 0 Å². The Bertz CT molecular complexity index is 3660. The summed E-state index contributed by atoms with van der Waals surface area (Å²) in [6.07, 6.45) is 0. The Morgan fingerprint density at radius 1 is 0.362 bits per heavy atom. The number of para-hydroxylation sites is 2. The Balaban J connectivity index is 1.21. The summed E-state index contributed by atoms with van der Waals surface area (Å²) in [5.74, 6) is 0. The fraction of sp³-hybridized carbons (Fsp3) is 0.250. The van der Waals surface area contributed by atoms with Crippen molar-refractivity contribution in [3.8, 4) is 27.9 Å². The number of rotatable bonds is 2. The fourth-order valence-electron chi connectivity index (χ4n) is 12.5. The first-order valence-electron chi connectivity index (χ1n) is 25.2. The van der Waals surface area contributed by atoms with Gasteiger partial charge in [-0.1, -0.05) is 186 Å². The van der Waals surface area contributed by atoms with Gasteiger partial charge in [-0.25, -0.2) is 0 Å². The van der Waals surface area contributed by atoms with E-state index < -0.39 is 0 Å². The normalized spacial score (nSPS) is 14.6. The lowest BCUT2D eigenvalue weighted by Gasteiger charge is -2.52. The first-order chi connectivity index (χ1) is 32.8. The predicted molar refractivity (Wildman–Crippen MR) is 299 cm³/mol. The number of aromatic nitrogens is 1. The molecular formula is C64H61B2N3. The van der Waals surface area contributed by atoms with Crippen LogP contribution in [-0.4, -0.2) is 18.1 Å². The molecule has 3 nitrogen and oxygen atoms in total. The average molecular weight is 894 g/mol. The molecule has 0 unspecified atom stereocenters. The molecule has 0 saturated heterocycles. The zero-order chi connectivity index (χ0) is 47.8. The molecule has 9 aromatic rings. The van der Waals surface area contributed by atoms with Gasteiger partial charge in [0.15, 0.2) is 0 Å². The van der Waals surface area contributed by atoms with Crippen LogP contribution in [0.5, 0.6) is 0 Å². The number of fused-ring (bicyclic) bond motifs is 12. The van der Waals surface area contributed by atoms with Gasteiger partial charge in [-0.05, 0) is 131 Å². The summed E-state index contributed by atoms with van der Waals surface area (Å²) in [6.45, 7) is 28.2. The van der Waals surface area contributed by atoms with Crippen LogP contribution in [0.25, 0.3) is 49.7 Å². The molecule has 0 aliphatic carbocycles. The molecular weight excluding hydrogens is 832 g/mol. The monoisotopic (exact) mass is 894 g/mol. The number of hydrogen-bond donors (Lipinski definition) is 0. The lowest BCUT2D eigenvalue weighted by Crippen LogP contribution is -2.69.